The van der Waals surface area contributed by atoms with Crippen LogP contribution in [-0.4, -0.2) is 25.7 Å². The predicted octanol–water partition coefficient (Wildman–Crippen LogP) is 2.11. The summed E-state index contributed by atoms with van der Waals surface area (Å²) in [6.07, 6.45) is 6.27. The fraction of sp³-hybridized carbons (Fsp3) is 0.909. The first kappa shape index (κ1) is 13.4. The normalized spacial score (nSPS) is 12.5. The third-order valence-electron chi connectivity index (χ3n) is 2.24. The predicted molar refractivity (Wildman–Crippen MR) is 58.2 cm³/mol. The van der Waals surface area contributed by atoms with E-state index in [9.17, 15) is 4.79 Å². The Bertz CT molecular complexity index is 148. The van der Waals surface area contributed by atoms with Crippen molar-refractivity contribution in [3.05, 3.63) is 0 Å². The quantitative estimate of drug-likeness (QED) is 0.611. The minimum Gasteiger partial charge on any atom is -0.369 e. The van der Waals surface area contributed by atoms with Crippen LogP contribution in [0.2, 0.25) is 0 Å². The first-order chi connectivity index (χ1) is 6.70. The van der Waals surface area contributed by atoms with Crippen LogP contribution >= 0.6 is 0 Å². The molecular formula is C11H23NO2. The molecule has 0 aromatic rings. The average molecular weight is 201 g/mol. The molecule has 0 rings (SSSR count). The molecule has 1 atom stereocenters. The van der Waals surface area contributed by atoms with E-state index in [4.69, 9.17) is 4.74 Å². The van der Waals surface area contributed by atoms with Crippen molar-refractivity contribution in [2.75, 3.05) is 13.7 Å². The number of unbranched alkanes of at least 4 members (excludes halogenated alkanes) is 3. The molecule has 1 amide bonds. The molecule has 0 bridgehead atoms. The van der Waals surface area contributed by atoms with E-state index in [-0.39, 0.29) is 18.6 Å². The number of carbonyl (C=O) groups is 1. The van der Waals surface area contributed by atoms with Crippen LogP contribution in [0.15, 0.2) is 0 Å². The zero-order valence-corrected chi connectivity index (χ0v) is 9.64. The van der Waals surface area contributed by atoms with E-state index < -0.39 is 0 Å². The van der Waals surface area contributed by atoms with Gasteiger partial charge in [-0.05, 0) is 13.3 Å². The Labute approximate surface area is 87.2 Å². The van der Waals surface area contributed by atoms with Crippen LogP contribution in [0.3, 0.4) is 0 Å². The maximum atomic E-state index is 10.9. The van der Waals surface area contributed by atoms with Crippen molar-refractivity contribution in [2.45, 2.75) is 52.1 Å². The Hall–Kier alpha value is -0.570. The summed E-state index contributed by atoms with van der Waals surface area (Å²) >= 11 is 0. The monoisotopic (exact) mass is 201 g/mol. The Morgan fingerprint density at radius 1 is 1.36 bits per heavy atom. The Morgan fingerprint density at radius 2 is 2.07 bits per heavy atom. The number of likely N-dealkylation sites (N-methyl/N-ethyl adjacent to an activating group) is 1. The van der Waals surface area contributed by atoms with Crippen molar-refractivity contribution in [3.63, 3.8) is 0 Å². The molecule has 0 spiro atoms. The molecule has 0 saturated heterocycles. The highest BCUT2D eigenvalue weighted by atomic mass is 16.5. The largest absolute Gasteiger partial charge is 0.369 e. The van der Waals surface area contributed by atoms with Crippen molar-refractivity contribution in [1.82, 2.24) is 5.32 Å². The molecule has 1 N–H and O–H groups in total. The van der Waals surface area contributed by atoms with Gasteiger partial charge in [-0.25, -0.2) is 0 Å². The highest BCUT2D eigenvalue weighted by molar-refractivity contribution is 5.76. The number of nitrogens with one attached hydrogen (secondary N) is 1. The summed E-state index contributed by atoms with van der Waals surface area (Å²) in [5, 5.41) is 2.53. The van der Waals surface area contributed by atoms with Crippen LogP contribution in [0.1, 0.15) is 46.0 Å². The molecule has 0 radical (unpaired) electrons. The SMILES string of the molecule is CCCCCCC(C)OCC(=O)NC. The second-order valence-corrected chi connectivity index (χ2v) is 3.64. The minimum absolute atomic E-state index is 0.0505. The molecule has 0 aliphatic rings. The van der Waals surface area contributed by atoms with Crippen LogP contribution in [0, 0.1) is 0 Å². The molecule has 14 heavy (non-hydrogen) atoms. The summed E-state index contributed by atoms with van der Waals surface area (Å²) in [7, 11) is 1.62. The molecule has 0 aromatic heterocycles. The third kappa shape index (κ3) is 8.05. The first-order valence-electron chi connectivity index (χ1n) is 5.52. The maximum absolute atomic E-state index is 10.9. The summed E-state index contributed by atoms with van der Waals surface area (Å²) in [6, 6.07) is 0. The van der Waals surface area contributed by atoms with Gasteiger partial charge in [0, 0.05) is 7.05 Å². The zero-order chi connectivity index (χ0) is 10.8. The number of rotatable bonds is 8. The standard InChI is InChI=1S/C11H23NO2/c1-4-5-6-7-8-10(2)14-9-11(13)12-3/h10H,4-9H2,1-3H3,(H,12,13). The second kappa shape index (κ2) is 9.00. The highest BCUT2D eigenvalue weighted by Gasteiger charge is 2.04. The molecule has 0 fully saturated rings. The molecule has 1 unspecified atom stereocenters. The van der Waals surface area contributed by atoms with Crippen LogP contribution in [0.25, 0.3) is 0 Å². The third-order valence-corrected chi connectivity index (χ3v) is 2.24. The van der Waals surface area contributed by atoms with Crippen LogP contribution in [0.4, 0.5) is 0 Å². The second-order valence-electron chi connectivity index (χ2n) is 3.64. The molecule has 0 aliphatic heterocycles. The summed E-state index contributed by atoms with van der Waals surface area (Å²) in [5.41, 5.74) is 0. The molecule has 0 aliphatic carbocycles. The molecular weight excluding hydrogens is 178 g/mol. The van der Waals surface area contributed by atoms with Gasteiger partial charge in [-0.1, -0.05) is 32.6 Å². The summed E-state index contributed by atoms with van der Waals surface area (Å²) in [5.74, 6) is -0.0505. The fourth-order valence-corrected chi connectivity index (χ4v) is 1.23. The first-order valence-corrected chi connectivity index (χ1v) is 5.52. The number of amides is 1. The molecule has 0 aromatic carbocycles. The topological polar surface area (TPSA) is 38.3 Å². The Morgan fingerprint density at radius 3 is 2.64 bits per heavy atom. The van der Waals surface area contributed by atoms with Crippen LogP contribution < -0.4 is 5.32 Å². The van der Waals surface area contributed by atoms with Gasteiger partial charge in [0.05, 0.1) is 6.10 Å². The van der Waals surface area contributed by atoms with E-state index in [1.54, 1.807) is 7.05 Å². The van der Waals surface area contributed by atoms with Crippen molar-refractivity contribution < 1.29 is 9.53 Å². The van der Waals surface area contributed by atoms with E-state index in [1.165, 1.54) is 25.7 Å². The zero-order valence-electron chi connectivity index (χ0n) is 9.64. The molecule has 3 nitrogen and oxygen atoms in total. The van der Waals surface area contributed by atoms with Gasteiger partial charge < -0.3 is 10.1 Å². The van der Waals surface area contributed by atoms with Crippen molar-refractivity contribution in [1.29, 1.82) is 0 Å². The van der Waals surface area contributed by atoms with E-state index in [2.05, 4.69) is 12.2 Å². The molecule has 3 heteroatoms. The summed E-state index contributed by atoms with van der Waals surface area (Å²) in [6.45, 7) is 4.41. The number of hydrogen-bond donors (Lipinski definition) is 1. The van der Waals surface area contributed by atoms with Crippen molar-refractivity contribution in [2.24, 2.45) is 0 Å². The number of hydrogen-bond acceptors (Lipinski definition) is 2. The van der Waals surface area contributed by atoms with Gasteiger partial charge in [0.2, 0.25) is 5.91 Å². The molecule has 0 heterocycles. The van der Waals surface area contributed by atoms with E-state index in [0.717, 1.165) is 6.42 Å². The molecule has 84 valence electrons. The van der Waals surface area contributed by atoms with Gasteiger partial charge in [-0.15, -0.1) is 0 Å². The Kier molecular flexibility index (Phi) is 8.64. The van der Waals surface area contributed by atoms with Crippen LogP contribution in [0.5, 0.6) is 0 Å². The Balaban J connectivity index is 3.27. The number of ether oxygens (including phenoxy) is 1. The van der Waals surface area contributed by atoms with Crippen molar-refractivity contribution in [3.8, 4) is 0 Å². The smallest absolute Gasteiger partial charge is 0.245 e. The van der Waals surface area contributed by atoms with Gasteiger partial charge in [-0.2, -0.15) is 0 Å². The minimum atomic E-state index is -0.0505. The fourth-order valence-electron chi connectivity index (χ4n) is 1.23. The van der Waals surface area contributed by atoms with Gasteiger partial charge in [0.1, 0.15) is 6.61 Å². The van der Waals surface area contributed by atoms with Gasteiger partial charge >= 0.3 is 0 Å². The lowest BCUT2D eigenvalue weighted by Gasteiger charge is -2.11. The lowest BCUT2D eigenvalue weighted by Crippen LogP contribution is -2.25. The van der Waals surface area contributed by atoms with E-state index >= 15 is 0 Å². The van der Waals surface area contributed by atoms with Gasteiger partial charge in [0.15, 0.2) is 0 Å². The maximum Gasteiger partial charge on any atom is 0.245 e. The number of carbonyl (C=O) groups excluding carboxylic acids is 1. The lowest BCUT2D eigenvalue weighted by atomic mass is 10.1. The van der Waals surface area contributed by atoms with Crippen LogP contribution in [-0.2, 0) is 9.53 Å². The summed E-state index contributed by atoms with van der Waals surface area (Å²) < 4.78 is 5.36. The highest BCUT2D eigenvalue weighted by Crippen LogP contribution is 2.07. The van der Waals surface area contributed by atoms with E-state index in [0.29, 0.717) is 0 Å². The van der Waals surface area contributed by atoms with Gasteiger partial charge in [-0.3, -0.25) is 4.79 Å². The summed E-state index contributed by atoms with van der Waals surface area (Å²) in [4.78, 5) is 10.9. The average Bonchev–Trinajstić information content (AvgIpc) is 2.21. The van der Waals surface area contributed by atoms with Gasteiger partial charge in [0.25, 0.3) is 0 Å². The van der Waals surface area contributed by atoms with E-state index in [1.807, 2.05) is 6.92 Å². The van der Waals surface area contributed by atoms with Crippen molar-refractivity contribution >= 4 is 5.91 Å². The lowest BCUT2D eigenvalue weighted by molar-refractivity contribution is -0.127. The molecule has 0 saturated carbocycles.